The summed E-state index contributed by atoms with van der Waals surface area (Å²) in [6.07, 6.45) is 2.94. The Balaban J connectivity index is 1.82. The average molecular weight is 359 g/mol. The lowest BCUT2D eigenvalue weighted by atomic mass is 9.95. The highest BCUT2D eigenvalue weighted by Crippen LogP contribution is 2.21. The molecule has 2 saturated heterocycles. The van der Waals surface area contributed by atoms with Crippen molar-refractivity contribution in [2.75, 3.05) is 45.0 Å². The van der Waals surface area contributed by atoms with Crippen LogP contribution in [0.3, 0.4) is 0 Å². The van der Waals surface area contributed by atoms with Crippen molar-refractivity contribution >= 4 is 21.8 Å². The van der Waals surface area contributed by atoms with Crippen LogP contribution in [-0.4, -0.2) is 79.4 Å². The van der Waals surface area contributed by atoms with Crippen molar-refractivity contribution in [3.05, 3.63) is 0 Å². The first kappa shape index (κ1) is 19.2. The van der Waals surface area contributed by atoms with Crippen LogP contribution < -0.4 is 0 Å². The van der Waals surface area contributed by atoms with Crippen molar-refractivity contribution in [1.29, 1.82) is 0 Å². The van der Waals surface area contributed by atoms with Gasteiger partial charge in [-0.15, -0.1) is 0 Å². The van der Waals surface area contributed by atoms with Crippen molar-refractivity contribution in [2.45, 2.75) is 39.5 Å². The second-order valence-corrected chi connectivity index (χ2v) is 8.76. The first-order chi connectivity index (χ1) is 11.3. The molecule has 0 unspecified atom stereocenters. The SMILES string of the molecule is CCCCS(=O)(=O)N1CCN(C(=O)C2CCN(C(C)=O)CC2)CC1. The zero-order valence-electron chi connectivity index (χ0n) is 14.7. The standard InChI is InChI=1S/C16H29N3O4S/c1-3-4-13-24(22,23)19-11-9-18(10-12-19)16(21)15-5-7-17(8-6-15)14(2)20/h15H,3-13H2,1-2H3. The van der Waals surface area contributed by atoms with E-state index >= 15 is 0 Å². The minimum Gasteiger partial charge on any atom is -0.343 e. The number of piperazine rings is 1. The summed E-state index contributed by atoms with van der Waals surface area (Å²) in [7, 11) is -3.19. The zero-order chi connectivity index (χ0) is 17.7. The summed E-state index contributed by atoms with van der Waals surface area (Å²) in [4.78, 5) is 27.5. The minimum absolute atomic E-state index is 0.0381. The van der Waals surface area contributed by atoms with Crippen LogP contribution in [0.1, 0.15) is 39.5 Å². The van der Waals surface area contributed by atoms with Gasteiger partial charge in [-0.1, -0.05) is 13.3 Å². The van der Waals surface area contributed by atoms with Gasteiger partial charge in [0, 0.05) is 52.1 Å². The molecule has 0 spiro atoms. The molecule has 0 aromatic rings. The summed E-state index contributed by atoms with van der Waals surface area (Å²) in [6.45, 7) is 6.53. The monoisotopic (exact) mass is 359 g/mol. The summed E-state index contributed by atoms with van der Waals surface area (Å²) in [5.41, 5.74) is 0. The van der Waals surface area contributed by atoms with Crippen LogP contribution in [0.25, 0.3) is 0 Å². The number of likely N-dealkylation sites (tertiary alicyclic amines) is 1. The number of hydrogen-bond acceptors (Lipinski definition) is 4. The van der Waals surface area contributed by atoms with Crippen LogP contribution in [-0.2, 0) is 19.6 Å². The van der Waals surface area contributed by atoms with E-state index in [1.165, 1.54) is 4.31 Å². The molecule has 24 heavy (non-hydrogen) atoms. The van der Waals surface area contributed by atoms with Crippen LogP contribution in [0.5, 0.6) is 0 Å². The van der Waals surface area contributed by atoms with E-state index in [4.69, 9.17) is 0 Å². The van der Waals surface area contributed by atoms with E-state index in [0.717, 1.165) is 6.42 Å². The van der Waals surface area contributed by atoms with Gasteiger partial charge in [0.25, 0.3) is 0 Å². The number of unbranched alkanes of at least 4 members (excludes halogenated alkanes) is 1. The molecule has 2 aliphatic rings. The highest BCUT2D eigenvalue weighted by atomic mass is 32.2. The molecule has 7 nitrogen and oxygen atoms in total. The molecular weight excluding hydrogens is 330 g/mol. The lowest BCUT2D eigenvalue weighted by Crippen LogP contribution is -2.53. The maximum atomic E-state index is 12.6. The lowest BCUT2D eigenvalue weighted by Gasteiger charge is -2.38. The molecule has 0 atom stereocenters. The molecule has 2 rings (SSSR count). The summed E-state index contributed by atoms with van der Waals surface area (Å²) in [6, 6.07) is 0. The van der Waals surface area contributed by atoms with Crippen LogP contribution in [0.2, 0.25) is 0 Å². The largest absolute Gasteiger partial charge is 0.343 e. The highest BCUT2D eigenvalue weighted by Gasteiger charge is 2.33. The maximum absolute atomic E-state index is 12.6. The van der Waals surface area contributed by atoms with Crippen molar-refractivity contribution in [2.24, 2.45) is 5.92 Å². The van der Waals surface area contributed by atoms with E-state index in [2.05, 4.69) is 0 Å². The normalized spacial score (nSPS) is 21.1. The Morgan fingerprint density at radius 3 is 2.04 bits per heavy atom. The van der Waals surface area contributed by atoms with E-state index in [-0.39, 0.29) is 23.5 Å². The van der Waals surface area contributed by atoms with Crippen molar-refractivity contribution in [1.82, 2.24) is 14.1 Å². The Morgan fingerprint density at radius 2 is 1.54 bits per heavy atom. The van der Waals surface area contributed by atoms with Crippen LogP contribution >= 0.6 is 0 Å². The molecule has 0 radical (unpaired) electrons. The molecule has 2 aliphatic heterocycles. The van der Waals surface area contributed by atoms with Crippen molar-refractivity contribution < 1.29 is 18.0 Å². The van der Waals surface area contributed by atoms with Gasteiger partial charge < -0.3 is 9.80 Å². The Bertz CT molecular complexity index is 548. The number of nitrogens with zero attached hydrogens (tertiary/aromatic N) is 3. The summed E-state index contributed by atoms with van der Waals surface area (Å²) < 4.78 is 25.9. The van der Waals surface area contributed by atoms with Gasteiger partial charge in [-0.3, -0.25) is 9.59 Å². The number of amides is 2. The number of piperidine rings is 1. The number of carbonyl (C=O) groups is 2. The topological polar surface area (TPSA) is 78.0 Å². The molecule has 8 heteroatoms. The van der Waals surface area contributed by atoms with E-state index in [0.29, 0.717) is 58.5 Å². The van der Waals surface area contributed by atoms with E-state index in [1.54, 1.807) is 16.7 Å². The third-order valence-corrected chi connectivity index (χ3v) is 6.95. The van der Waals surface area contributed by atoms with Gasteiger partial charge in [-0.25, -0.2) is 8.42 Å². The van der Waals surface area contributed by atoms with Gasteiger partial charge >= 0.3 is 0 Å². The van der Waals surface area contributed by atoms with Crippen molar-refractivity contribution in [3.8, 4) is 0 Å². The molecule has 138 valence electrons. The molecule has 0 bridgehead atoms. The minimum atomic E-state index is -3.19. The molecule has 2 amide bonds. The molecule has 0 saturated carbocycles. The molecule has 0 aromatic heterocycles. The Kier molecular flexibility index (Phi) is 6.62. The molecule has 0 N–H and O–H groups in total. The fourth-order valence-corrected chi connectivity index (χ4v) is 4.97. The Morgan fingerprint density at radius 1 is 0.958 bits per heavy atom. The number of rotatable bonds is 5. The molecular formula is C16H29N3O4S. The van der Waals surface area contributed by atoms with E-state index in [9.17, 15) is 18.0 Å². The Hall–Kier alpha value is -1.15. The molecule has 0 aliphatic carbocycles. The number of carbonyl (C=O) groups excluding carboxylic acids is 2. The molecule has 2 fully saturated rings. The predicted molar refractivity (Wildman–Crippen MR) is 91.8 cm³/mol. The Labute approximate surface area is 145 Å². The summed E-state index contributed by atoms with van der Waals surface area (Å²) >= 11 is 0. The average Bonchev–Trinajstić information content (AvgIpc) is 2.59. The quantitative estimate of drug-likeness (QED) is 0.717. The highest BCUT2D eigenvalue weighted by molar-refractivity contribution is 7.89. The van der Waals surface area contributed by atoms with Gasteiger partial charge in [-0.2, -0.15) is 4.31 Å². The maximum Gasteiger partial charge on any atom is 0.225 e. The number of sulfonamides is 1. The van der Waals surface area contributed by atoms with Gasteiger partial charge in [-0.05, 0) is 19.3 Å². The predicted octanol–water partition coefficient (Wildman–Crippen LogP) is 0.519. The van der Waals surface area contributed by atoms with E-state index in [1.807, 2.05) is 6.92 Å². The summed E-state index contributed by atoms with van der Waals surface area (Å²) in [5.74, 6) is 0.334. The van der Waals surface area contributed by atoms with Crippen LogP contribution in [0.15, 0.2) is 0 Å². The lowest BCUT2D eigenvalue weighted by molar-refractivity contribution is -0.141. The van der Waals surface area contributed by atoms with Crippen LogP contribution in [0, 0.1) is 5.92 Å². The molecule has 2 heterocycles. The zero-order valence-corrected chi connectivity index (χ0v) is 15.6. The van der Waals surface area contributed by atoms with Gasteiger partial charge in [0.15, 0.2) is 0 Å². The fraction of sp³-hybridized carbons (Fsp3) is 0.875. The second kappa shape index (κ2) is 8.29. The van der Waals surface area contributed by atoms with Gasteiger partial charge in [0.05, 0.1) is 5.75 Å². The first-order valence-electron chi connectivity index (χ1n) is 8.87. The van der Waals surface area contributed by atoms with Gasteiger partial charge in [0.1, 0.15) is 0 Å². The third kappa shape index (κ3) is 4.69. The van der Waals surface area contributed by atoms with Crippen LogP contribution in [0.4, 0.5) is 0 Å². The van der Waals surface area contributed by atoms with E-state index < -0.39 is 10.0 Å². The smallest absolute Gasteiger partial charge is 0.225 e. The second-order valence-electron chi connectivity index (χ2n) is 6.67. The first-order valence-corrected chi connectivity index (χ1v) is 10.5. The number of hydrogen-bond donors (Lipinski definition) is 0. The molecule has 0 aromatic carbocycles. The fourth-order valence-electron chi connectivity index (χ4n) is 3.34. The summed E-state index contributed by atoms with van der Waals surface area (Å²) in [5, 5.41) is 0. The third-order valence-electron chi connectivity index (χ3n) is 4.99. The van der Waals surface area contributed by atoms with Gasteiger partial charge in [0.2, 0.25) is 21.8 Å². The van der Waals surface area contributed by atoms with Crippen molar-refractivity contribution in [3.63, 3.8) is 0 Å².